The Morgan fingerprint density at radius 3 is 2.11 bits per heavy atom. The van der Waals surface area contributed by atoms with Crippen LogP contribution in [0, 0.1) is 0 Å². The smallest absolute Gasteiger partial charge is 0.264 e. The number of carbonyl (C=O) groups excluding carboxylic acids is 2. The third kappa shape index (κ3) is 7.91. The van der Waals surface area contributed by atoms with E-state index in [0.29, 0.717) is 22.9 Å². The van der Waals surface area contributed by atoms with Crippen LogP contribution in [0.4, 0.5) is 5.69 Å². The van der Waals surface area contributed by atoms with Crippen molar-refractivity contribution in [3.63, 3.8) is 0 Å². The van der Waals surface area contributed by atoms with E-state index in [-0.39, 0.29) is 34.5 Å². The van der Waals surface area contributed by atoms with Crippen LogP contribution < -0.4 is 14.4 Å². The lowest BCUT2D eigenvalue weighted by Crippen LogP contribution is -2.53. The van der Waals surface area contributed by atoms with Crippen molar-refractivity contribution in [3.8, 4) is 5.75 Å². The molecule has 230 valence electrons. The lowest BCUT2D eigenvalue weighted by molar-refractivity contribution is -0.140. The molecule has 0 bridgehead atoms. The molecule has 0 spiro atoms. The Morgan fingerprint density at radius 2 is 1.50 bits per heavy atom. The fraction of sp³-hybridized carbons (Fsp3) is 0.212. The number of sulfonamides is 1. The highest BCUT2D eigenvalue weighted by atomic mass is 35.5. The molecule has 0 aliphatic rings. The molecular formula is C33H33Cl2N3O5S. The predicted octanol–water partition coefficient (Wildman–Crippen LogP) is 5.97. The second kappa shape index (κ2) is 15.1. The minimum absolute atomic E-state index is 0.0121. The van der Waals surface area contributed by atoms with Crippen LogP contribution in [-0.2, 0) is 32.6 Å². The van der Waals surface area contributed by atoms with Crippen molar-refractivity contribution in [1.82, 2.24) is 10.2 Å². The van der Waals surface area contributed by atoms with Crippen LogP contribution in [0.15, 0.2) is 108 Å². The van der Waals surface area contributed by atoms with Gasteiger partial charge < -0.3 is 15.0 Å². The van der Waals surface area contributed by atoms with E-state index in [2.05, 4.69) is 5.32 Å². The van der Waals surface area contributed by atoms with Gasteiger partial charge in [-0.25, -0.2) is 8.42 Å². The molecular weight excluding hydrogens is 621 g/mol. The summed E-state index contributed by atoms with van der Waals surface area (Å²) in [7, 11) is -2.81. The Hall–Kier alpha value is -4.05. The van der Waals surface area contributed by atoms with Gasteiger partial charge in [0.15, 0.2) is 0 Å². The van der Waals surface area contributed by atoms with Crippen LogP contribution in [-0.4, -0.2) is 51.4 Å². The van der Waals surface area contributed by atoms with Crippen LogP contribution in [0.5, 0.6) is 5.75 Å². The van der Waals surface area contributed by atoms with Crippen molar-refractivity contribution in [2.45, 2.75) is 30.8 Å². The zero-order valence-electron chi connectivity index (χ0n) is 24.3. The fourth-order valence-electron chi connectivity index (χ4n) is 4.71. The molecule has 4 rings (SSSR count). The lowest BCUT2D eigenvalue weighted by Gasteiger charge is -2.34. The lowest BCUT2D eigenvalue weighted by atomic mass is 10.0. The van der Waals surface area contributed by atoms with Gasteiger partial charge in [0.1, 0.15) is 18.3 Å². The molecule has 11 heteroatoms. The SMILES string of the molecule is CCNC(=O)[C@H](Cc1ccccc1)N(Cc1ccccc1Cl)C(=O)CN(c1ccc(OC)c(Cl)c1)S(=O)(=O)c1ccccc1. The number of hydrogen-bond donors (Lipinski definition) is 1. The Kier molecular flexibility index (Phi) is 11.3. The number of nitrogens with zero attached hydrogens (tertiary/aromatic N) is 2. The molecule has 44 heavy (non-hydrogen) atoms. The van der Waals surface area contributed by atoms with Crippen LogP contribution in [0.25, 0.3) is 0 Å². The highest BCUT2D eigenvalue weighted by Crippen LogP contribution is 2.32. The summed E-state index contributed by atoms with van der Waals surface area (Å²) < 4.78 is 34.3. The number of carbonyl (C=O) groups is 2. The Labute approximate surface area is 268 Å². The third-order valence-electron chi connectivity index (χ3n) is 6.95. The molecule has 0 aliphatic carbocycles. The monoisotopic (exact) mass is 653 g/mol. The van der Waals surface area contributed by atoms with Gasteiger partial charge in [-0.1, -0.05) is 89.9 Å². The third-order valence-corrected chi connectivity index (χ3v) is 9.41. The van der Waals surface area contributed by atoms with Gasteiger partial charge in [0.05, 0.1) is 22.7 Å². The molecule has 4 aromatic carbocycles. The number of nitrogens with one attached hydrogen (secondary N) is 1. The zero-order chi connectivity index (χ0) is 31.7. The molecule has 0 unspecified atom stereocenters. The van der Waals surface area contributed by atoms with Gasteiger partial charge in [0, 0.05) is 24.5 Å². The maximum absolute atomic E-state index is 14.4. The molecule has 1 N–H and O–H groups in total. The number of rotatable bonds is 13. The summed E-state index contributed by atoms with van der Waals surface area (Å²) in [5.41, 5.74) is 1.59. The van der Waals surface area contributed by atoms with E-state index in [1.165, 1.54) is 42.3 Å². The highest BCUT2D eigenvalue weighted by Gasteiger charge is 2.35. The molecule has 0 saturated heterocycles. The summed E-state index contributed by atoms with van der Waals surface area (Å²) in [4.78, 5) is 29.3. The molecule has 1 atom stereocenters. The minimum Gasteiger partial charge on any atom is -0.495 e. The van der Waals surface area contributed by atoms with Gasteiger partial charge >= 0.3 is 0 Å². The van der Waals surface area contributed by atoms with Crippen LogP contribution in [0.2, 0.25) is 10.0 Å². The normalized spacial score (nSPS) is 11.8. The summed E-state index contributed by atoms with van der Waals surface area (Å²) in [6, 6.07) is 27.6. The molecule has 0 saturated carbocycles. The minimum atomic E-state index is -4.26. The maximum Gasteiger partial charge on any atom is 0.264 e. The van der Waals surface area contributed by atoms with Crippen molar-refractivity contribution in [2.24, 2.45) is 0 Å². The van der Waals surface area contributed by atoms with E-state index >= 15 is 0 Å². The predicted molar refractivity (Wildman–Crippen MR) is 174 cm³/mol. The number of halogens is 2. The zero-order valence-corrected chi connectivity index (χ0v) is 26.6. The second-order valence-electron chi connectivity index (χ2n) is 9.86. The first-order valence-corrected chi connectivity index (χ1v) is 16.1. The summed E-state index contributed by atoms with van der Waals surface area (Å²) in [6.45, 7) is 1.49. The average molecular weight is 655 g/mol. The van der Waals surface area contributed by atoms with E-state index in [4.69, 9.17) is 27.9 Å². The van der Waals surface area contributed by atoms with Crippen LogP contribution in [0.1, 0.15) is 18.1 Å². The average Bonchev–Trinajstić information content (AvgIpc) is 3.03. The van der Waals surface area contributed by atoms with E-state index in [1.807, 2.05) is 30.3 Å². The summed E-state index contributed by atoms with van der Waals surface area (Å²) in [5, 5.41) is 3.42. The first kappa shape index (κ1) is 32.9. The summed E-state index contributed by atoms with van der Waals surface area (Å²) in [6.07, 6.45) is 0.197. The fourth-order valence-corrected chi connectivity index (χ4v) is 6.59. The van der Waals surface area contributed by atoms with Gasteiger partial charge in [0.25, 0.3) is 10.0 Å². The van der Waals surface area contributed by atoms with Gasteiger partial charge in [-0.3, -0.25) is 13.9 Å². The van der Waals surface area contributed by atoms with Crippen molar-refractivity contribution in [2.75, 3.05) is 24.5 Å². The first-order chi connectivity index (χ1) is 21.1. The topological polar surface area (TPSA) is 96.0 Å². The largest absolute Gasteiger partial charge is 0.495 e. The van der Waals surface area contributed by atoms with Crippen molar-refractivity contribution in [3.05, 3.63) is 124 Å². The van der Waals surface area contributed by atoms with E-state index in [0.717, 1.165) is 9.87 Å². The van der Waals surface area contributed by atoms with E-state index in [1.54, 1.807) is 49.4 Å². The van der Waals surface area contributed by atoms with Gasteiger partial charge in [-0.15, -0.1) is 0 Å². The number of methoxy groups -OCH3 is 1. The molecule has 0 radical (unpaired) electrons. The maximum atomic E-state index is 14.4. The van der Waals surface area contributed by atoms with Gasteiger partial charge in [-0.2, -0.15) is 0 Å². The molecule has 0 heterocycles. The number of anilines is 1. The number of hydrogen-bond acceptors (Lipinski definition) is 5. The first-order valence-electron chi connectivity index (χ1n) is 13.9. The van der Waals surface area contributed by atoms with Crippen LogP contribution in [0.3, 0.4) is 0 Å². The van der Waals surface area contributed by atoms with Crippen LogP contribution >= 0.6 is 23.2 Å². The molecule has 0 aliphatic heterocycles. The molecule has 8 nitrogen and oxygen atoms in total. The standard InChI is InChI=1S/C33H33Cl2N3O5S/c1-3-36-33(40)30(20-24-12-6-4-7-13-24)37(22-25-14-10-11-17-28(25)34)32(39)23-38(26-18-19-31(43-2)29(35)21-26)44(41,42)27-15-8-5-9-16-27/h4-19,21,30H,3,20,22-23H2,1-2H3,(H,36,40)/t30-/m0/s1. The second-order valence-corrected chi connectivity index (χ2v) is 12.5. The molecule has 0 fully saturated rings. The Balaban J connectivity index is 1.82. The molecule has 4 aromatic rings. The molecule has 0 aromatic heterocycles. The number of ether oxygens (including phenoxy) is 1. The summed E-state index contributed by atoms with van der Waals surface area (Å²) in [5.74, 6) is -0.636. The Bertz CT molecular complexity index is 1690. The summed E-state index contributed by atoms with van der Waals surface area (Å²) >= 11 is 12.9. The van der Waals surface area contributed by atoms with E-state index in [9.17, 15) is 18.0 Å². The number of benzene rings is 4. The van der Waals surface area contributed by atoms with Gasteiger partial charge in [-0.05, 0) is 54.4 Å². The Morgan fingerprint density at radius 1 is 0.864 bits per heavy atom. The highest BCUT2D eigenvalue weighted by molar-refractivity contribution is 7.92. The number of likely N-dealkylation sites (N-methyl/N-ethyl adjacent to an activating group) is 1. The van der Waals surface area contributed by atoms with Crippen molar-refractivity contribution < 1.29 is 22.7 Å². The van der Waals surface area contributed by atoms with Gasteiger partial charge in [0.2, 0.25) is 11.8 Å². The number of amides is 2. The quantitative estimate of drug-likeness (QED) is 0.192. The van der Waals surface area contributed by atoms with Crippen molar-refractivity contribution in [1.29, 1.82) is 0 Å². The molecule has 2 amide bonds. The van der Waals surface area contributed by atoms with E-state index < -0.39 is 28.5 Å². The van der Waals surface area contributed by atoms with Crippen molar-refractivity contribution >= 4 is 50.7 Å².